The average Bonchev–Trinajstić information content (AvgIpc) is 2.72. The molecular formula is C14H16N4O2S. The molecule has 1 aromatic heterocycles. The van der Waals surface area contributed by atoms with Gasteiger partial charge in [0.25, 0.3) is 5.91 Å². The highest BCUT2D eigenvalue weighted by atomic mass is 32.1. The average molecular weight is 304 g/mol. The second kappa shape index (κ2) is 5.69. The van der Waals surface area contributed by atoms with Crippen LogP contribution in [0.5, 0.6) is 0 Å². The number of aromatic nitrogens is 1. The quantitative estimate of drug-likeness (QED) is 0.778. The van der Waals surface area contributed by atoms with Crippen LogP contribution in [0.25, 0.3) is 10.2 Å². The van der Waals surface area contributed by atoms with E-state index in [1.54, 1.807) is 18.2 Å². The SMILES string of the molecule is Nc1nc2ccc(C(=O)NC3CCCCNC3=O)cc2s1. The van der Waals surface area contributed by atoms with E-state index in [4.69, 9.17) is 5.73 Å². The third kappa shape index (κ3) is 2.97. The smallest absolute Gasteiger partial charge is 0.251 e. The van der Waals surface area contributed by atoms with Gasteiger partial charge in [0.2, 0.25) is 5.91 Å². The molecule has 1 atom stereocenters. The first-order valence-electron chi connectivity index (χ1n) is 6.88. The van der Waals surface area contributed by atoms with Gasteiger partial charge in [-0.2, -0.15) is 0 Å². The van der Waals surface area contributed by atoms with Crippen LogP contribution >= 0.6 is 11.3 Å². The van der Waals surface area contributed by atoms with Crippen LogP contribution in [0, 0.1) is 0 Å². The fourth-order valence-electron chi connectivity index (χ4n) is 2.40. The normalized spacial score (nSPS) is 19.0. The zero-order valence-corrected chi connectivity index (χ0v) is 12.2. The summed E-state index contributed by atoms with van der Waals surface area (Å²) in [6, 6.07) is 4.77. The molecule has 2 amide bonds. The highest BCUT2D eigenvalue weighted by Gasteiger charge is 2.23. The van der Waals surface area contributed by atoms with Crippen molar-refractivity contribution in [2.24, 2.45) is 0 Å². The summed E-state index contributed by atoms with van der Waals surface area (Å²) in [5.74, 6) is -0.352. The van der Waals surface area contributed by atoms with E-state index < -0.39 is 6.04 Å². The maximum atomic E-state index is 12.3. The van der Waals surface area contributed by atoms with E-state index in [-0.39, 0.29) is 11.8 Å². The third-order valence-corrected chi connectivity index (χ3v) is 4.36. The van der Waals surface area contributed by atoms with E-state index in [2.05, 4.69) is 15.6 Å². The van der Waals surface area contributed by atoms with Gasteiger partial charge >= 0.3 is 0 Å². The Balaban J connectivity index is 1.77. The molecule has 0 radical (unpaired) electrons. The topological polar surface area (TPSA) is 97.1 Å². The number of nitrogens with two attached hydrogens (primary N) is 1. The first-order valence-corrected chi connectivity index (χ1v) is 7.70. The molecule has 0 spiro atoms. The maximum Gasteiger partial charge on any atom is 0.251 e. The molecule has 0 saturated carbocycles. The number of carbonyl (C=O) groups excluding carboxylic acids is 2. The number of anilines is 1. The van der Waals surface area contributed by atoms with E-state index in [1.165, 1.54) is 11.3 Å². The molecule has 3 rings (SSSR count). The van der Waals surface area contributed by atoms with E-state index >= 15 is 0 Å². The molecule has 0 aliphatic carbocycles. The molecule has 2 aromatic rings. The summed E-state index contributed by atoms with van der Waals surface area (Å²) in [4.78, 5) is 28.3. The Morgan fingerprint density at radius 2 is 2.29 bits per heavy atom. The van der Waals surface area contributed by atoms with Crippen LogP contribution in [0.3, 0.4) is 0 Å². The van der Waals surface area contributed by atoms with Gasteiger partial charge in [0.1, 0.15) is 6.04 Å². The fourth-order valence-corrected chi connectivity index (χ4v) is 3.18. The summed E-state index contributed by atoms with van der Waals surface area (Å²) >= 11 is 1.34. The number of fused-ring (bicyclic) bond motifs is 1. The Hall–Kier alpha value is -2.15. The minimum absolute atomic E-state index is 0.107. The highest BCUT2D eigenvalue weighted by Crippen LogP contribution is 2.24. The molecule has 0 bridgehead atoms. The van der Waals surface area contributed by atoms with Gasteiger partial charge in [-0.1, -0.05) is 11.3 Å². The zero-order valence-electron chi connectivity index (χ0n) is 11.4. The van der Waals surface area contributed by atoms with Gasteiger partial charge in [0, 0.05) is 12.1 Å². The molecule has 1 unspecified atom stereocenters. The summed E-state index contributed by atoms with van der Waals surface area (Å²) in [6.07, 6.45) is 2.55. The van der Waals surface area contributed by atoms with Gasteiger partial charge in [-0.05, 0) is 37.5 Å². The number of amides is 2. The first-order chi connectivity index (χ1) is 10.1. The second-order valence-corrected chi connectivity index (χ2v) is 6.11. The van der Waals surface area contributed by atoms with Crippen LogP contribution in [0.1, 0.15) is 29.6 Å². The molecule has 1 aliphatic heterocycles. The summed E-state index contributed by atoms with van der Waals surface area (Å²) < 4.78 is 0.866. The zero-order chi connectivity index (χ0) is 14.8. The molecule has 21 heavy (non-hydrogen) atoms. The standard InChI is InChI=1S/C14H16N4O2S/c15-14-18-9-5-4-8(7-11(9)21-14)12(19)17-10-3-1-2-6-16-13(10)20/h4-5,7,10H,1-3,6H2,(H2,15,18)(H,16,20)(H,17,19). The van der Waals surface area contributed by atoms with Gasteiger partial charge in [-0.15, -0.1) is 0 Å². The van der Waals surface area contributed by atoms with Crippen molar-refractivity contribution in [1.82, 2.24) is 15.6 Å². The van der Waals surface area contributed by atoms with Gasteiger partial charge in [0.05, 0.1) is 10.2 Å². The van der Waals surface area contributed by atoms with Crippen molar-refractivity contribution in [3.63, 3.8) is 0 Å². The van der Waals surface area contributed by atoms with Crippen molar-refractivity contribution in [2.75, 3.05) is 12.3 Å². The van der Waals surface area contributed by atoms with Gasteiger partial charge in [0.15, 0.2) is 5.13 Å². The molecular weight excluding hydrogens is 288 g/mol. The lowest BCUT2D eigenvalue weighted by Gasteiger charge is -2.15. The number of hydrogen-bond acceptors (Lipinski definition) is 5. The van der Waals surface area contributed by atoms with Crippen LogP contribution in [-0.2, 0) is 4.79 Å². The summed E-state index contributed by atoms with van der Waals surface area (Å²) in [6.45, 7) is 0.678. The summed E-state index contributed by atoms with van der Waals surface area (Å²) in [7, 11) is 0. The fraction of sp³-hybridized carbons (Fsp3) is 0.357. The van der Waals surface area contributed by atoms with Gasteiger partial charge in [-0.3, -0.25) is 9.59 Å². The van der Waals surface area contributed by atoms with Crippen LogP contribution in [0.4, 0.5) is 5.13 Å². The largest absolute Gasteiger partial charge is 0.375 e. The lowest BCUT2D eigenvalue weighted by atomic mass is 10.1. The Morgan fingerprint density at radius 1 is 1.43 bits per heavy atom. The predicted molar refractivity (Wildman–Crippen MR) is 82.1 cm³/mol. The number of nitrogens with zero attached hydrogens (tertiary/aromatic N) is 1. The number of thiazole rings is 1. The Kier molecular flexibility index (Phi) is 3.74. The Labute approximate surface area is 125 Å². The van der Waals surface area contributed by atoms with Gasteiger partial charge < -0.3 is 16.4 Å². The highest BCUT2D eigenvalue weighted by molar-refractivity contribution is 7.22. The molecule has 1 aliphatic rings. The van der Waals surface area contributed by atoms with Crippen molar-refractivity contribution in [3.05, 3.63) is 23.8 Å². The van der Waals surface area contributed by atoms with E-state index in [0.717, 1.165) is 23.1 Å². The van der Waals surface area contributed by atoms with Crippen molar-refractivity contribution in [2.45, 2.75) is 25.3 Å². The summed E-state index contributed by atoms with van der Waals surface area (Å²) in [5, 5.41) is 6.08. The van der Waals surface area contributed by atoms with E-state index in [0.29, 0.717) is 23.7 Å². The monoisotopic (exact) mass is 304 g/mol. The number of nitrogens with one attached hydrogen (secondary N) is 2. The molecule has 1 fully saturated rings. The van der Waals surface area contributed by atoms with Crippen LogP contribution in [0.15, 0.2) is 18.2 Å². The van der Waals surface area contributed by atoms with Gasteiger partial charge in [-0.25, -0.2) is 4.98 Å². The number of benzene rings is 1. The Morgan fingerprint density at radius 3 is 3.14 bits per heavy atom. The minimum atomic E-state index is -0.456. The first kappa shape index (κ1) is 13.8. The second-order valence-electron chi connectivity index (χ2n) is 5.05. The predicted octanol–water partition coefficient (Wildman–Crippen LogP) is 1.28. The molecule has 7 heteroatoms. The van der Waals surface area contributed by atoms with Crippen LogP contribution in [0.2, 0.25) is 0 Å². The number of carbonyl (C=O) groups is 2. The minimum Gasteiger partial charge on any atom is -0.375 e. The molecule has 110 valence electrons. The lowest BCUT2D eigenvalue weighted by Crippen LogP contribution is -2.45. The number of hydrogen-bond donors (Lipinski definition) is 3. The molecule has 1 aromatic carbocycles. The van der Waals surface area contributed by atoms with E-state index in [9.17, 15) is 9.59 Å². The maximum absolute atomic E-state index is 12.3. The third-order valence-electron chi connectivity index (χ3n) is 3.51. The number of nitrogen functional groups attached to an aromatic ring is 1. The molecule has 6 nitrogen and oxygen atoms in total. The van der Waals surface area contributed by atoms with Crippen molar-refractivity contribution in [1.29, 1.82) is 0 Å². The van der Waals surface area contributed by atoms with Crippen molar-refractivity contribution < 1.29 is 9.59 Å². The lowest BCUT2D eigenvalue weighted by molar-refractivity contribution is -0.122. The van der Waals surface area contributed by atoms with E-state index in [1.807, 2.05) is 0 Å². The number of rotatable bonds is 2. The molecule has 1 saturated heterocycles. The van der Waals surface area contributed by atoms with Crippen molar-refractivity contribution >= 4 is 38.5 Å². The Bertz CT molecular complexity index is 697. The molecule has 4 N–H and O–H groups in total. The van der Waals surface area contributed by atoms with Crippen molar-refractivity contribution in [3.8, 4) is 0 Å². The van der Waals surface area contributed by atoms with Crippen LogP contribution in [-0.4, -0.2) is 29.4 Å². The molecule has 2 heterocycles. The summed E-state index contributed by atoms with van der Waals surface area (Å²) in [5.41, 5.74) is 6.95. The van der Waals surface area contributed by atoms with Crippen LogP contribution < -0.4 is 16.4 Å².